The second-order valence-electron chi connectivity index (χ2n) is 5.36. The molecule has 0 aliphatic heterocycles. The molecule has 0 bridgehead atoms. The average molecular weight is 283 g/mol. The molecule has 0 spiro atoms. The summed E-state index contributed by atoms with van der Waals surface area (Å²) >= 11 is 6.12. The predicted molar refractivity (Wildman–Crippen MR) is 78.2 cm³/mol. The van der Waals surface area contributed by atoms with E-state index in [1.165, 1.54) is 32.1 Å². The van der Waals surface area contributed by atoms with Crippen molar-refractivity contribution in [3.05, 3.63) is 29.0 Å². The molecule has 0 unspecified atom stereocenters. The normalized spacial score (nSPS) is 18.4. The van der Waals surface area contributed by atoms with Crippen molar-refractivity contribution in [1.29, 1.82) is 0 Å². The van der Waals surface area contributed by atoms with Crippen molar-refractivity contribution in [2.75, 3.05) is 6.61 Å². The van der Waals surface area contributed by atoms with Crippen molar-refractivity contribution in [3.8, 4) is 0 Å². The summed E-state index contributed by atoms with van der Waals surface area (Å²) in [6.07, 6.45) is 10.8. The van der Waals surface area contributed by atoms with Gasteiger partial charge in [0.2, 0.25) is 0 Å². The van der Waals surface area contributed by atoms with Crippen LogP contribution in [0.1, 0.15) is 44.1 Å². The van der Waals surface area contributed by atoms with Crippen molar-refractivity contribution in [2.24, 2.45) is 5.92 Å². The summed E-state index contributed by atoms with van der Waals surface area (Å²) < 4.78 is 0. The van der Waals surface area contributed by atoms with E-state index < -0.39 is 0 Å². The molecule has 0 aromatic carbocycles. The van der Waals surface area contributed by atoms with Gasteiger partial charge in [-0.05, 0) is 36.8 Å². The van der Waals surface area contributed by atoms with Crippen molar-refractivity contribution >= 4 is 11.6 Å². The van der Waals surface area contributed by atoms with Gasteiger partial charge in [-0.1, -0.05) is 30.9 Å². The van der Waals surface area contributed by atoms with Crippen LogP contribution in [0.5, 0.6) is 0 Å². The molecular formula is C15H23ClN2O. The molecule has 1 aliphatic carbocycles. The molecule has 1 heterocycles. The van der Waals surface area contributed by atoms with Gasteiger partial charge < -0.3 is 10.4 Å². The number of hydrogen-bond acceptors (Lipinski definition) is 3. The van der Waals surface area contributed by atoms with E-state index in [1.54, 1.807) is 12.4 Å². The molecule has 2 N–H and O–H groups in total. The highest BCUT2D eigenvalue weighted by molar-refractivity contribution is 6.31. The maximum atomic E-state index is 9.24. The quantitative estimate of drug-likeness (QED) is 0.842. The van der Waals surface area contributed by atoms with Crippen molar-refractivity contribution < 1.29 is 5.11 Å². The molecule has 3 nitrogen and oxygen atoms in total. The lowest BCUT2D eigenvalue weighted by Crippen LogP contribution is -2.37. The first-order valence-corrected chi connectivity index (χ1v) is 7.61. The van der Waals surface area contributed by atoms with Gasteiger partial charge in [0.05, 0.1) is 5.02 Å². The van der Waals surface area contributed by atoms with Crippen LogP contribution in [0.4, 0.5) is 0 Å². The number of hydrogen-bond donors (Lipinski definition) is 2. The molecule has 19 heavy (non-hydrogen) atoms. The highest BCUT2D eigenvalue weighted by Gasteiger charge is 2.22. The zero-order valence-corrected chi connectivity index (χ0v) is 12.1. The second kappa shape index (κ2) is 7.83. The first-order valence-electron chi connectivity index (χ1n) is 7.24. The SMILES string of the molecule is OCC[C@@H](NCc1ccncc1Cl)C1CCCCC1. The summed E-state index contributed by atoms with van der Waals surface area (Å²) in [6, 6.07) is 2.35. The third kappa shape index (κ3) is 4.44. The van der Waals surface area contributed by atoms with Gasteiger partial charge in [-0.15, -0.1) is 0 Å². The van der Waals surface area contributed by atoms with Crippen LogP contribution in [-0.4, -0.2) is 22.7 Å². The summed E-state index contributed by atoms with van der Waals surface area (Å²) in [7, 11) is 0. The van der Waals surface area contributed by atoms with Gasteiger partial charge in [0, 0.05) is 31.6 Å². The maximum Gasteiger partial charge on any atom is 0.0634 e. The van der Waals surface area contributed by atoms with Crippen LogP contribution in [0, 0.1) is 5.92 Å². The van der Waals surface area contributed by atoms with Crippen LogP contribution in [0.2, 0.25) is 5.02 Å². The number of rotatable bonds is 6. The Morgan fingerprint density at radius 2 is 2.16 bits per heavy atom. The molecule has 106 valence electrons. The lowest BCUT2D eigenvalue weighted by atomic mass is 9.82. The Kier molecular flexibility index (Phi) is 6.08. The van der Waals surface area contributed by atoms with Crippen LogP contribution >= 0.6 is 11.6 Å². The van der Waals surface area contributed by atoms with E-state index >= 15 is 0 Å². The molecule has 0 radical (unpaired) electrons. The standard InChI is InChI=1S/C15H23ClN2O/c16-14-11-17-8-6-13(14)10-18-15(7-9-19)12-4-2-1-3-5-12/h6,8,11-12,15,18-19H,1-5,7,9-10H2/t15-/m1/s1. The van der Waals surface area contributed by atoms with Gasteiger partial charge in [0.1, 0.15) is 0 Å². The third-order valence-electron chi connectivity index (χ3n) is 4.07. The average Bonchev–Trinajstić information content (AvgIpc) is 2.46. The first kappa shape index (κ1) is 14.8. The maximum absolute atomic E-state index is 9.24. The molecule has 1 saturated carbocycles. The molecule has 1 fully saturated rings. The summed E-state index contributed by atoms with van der Waals surface area (Å²) in [5, 5.41) is 13.5. The lowest BCUT2D eigenvalue weighted by Gasteiger charge is -2.31. The fourth-order valence-corrected chi connectivity index (χ4v) is 3.15. The van der Waals surface area contributed by atoms with Gasteiger partial charge in [0.15, 0.2) is 0 Å². The van der Waals surface area contributed by atoms with Crippen molar-refractivity contribution in [3.63, 3.8) is 0 Å². The molecule has 2 rings (SSSR count). The third-order valence-corrected chi connectivity index (χ3v) is 4.41. The van der Waals surface area contributed by atoms with Crippen LogP contribution in [-0.2, 0) is 6.54 Å². The predicted octanol–water partition coefficient (Wildman–Crippen LogP) is 3.16. The number of nitrogens with one attached hydrogen (secondary N) is 1. The number of pyridine rings is 1. The minimum atomic E-state index is 0.248. The smallest absolute Gasteiger partial charge is 0.0634 e. The first-order chi connectivity index (χ1) is 9.31. The van der Waals surface area contributed by atoms with Crippen molar-refractivity contribution in [1.82, 2.24) is 10.3 Å². The zero-order chi connectivity index (χ0) is 13.5. The molecule has 4 heteroatoms. The van der Waals surface area contributed by atoms with Crippen LogP contribution in [0.25, 0.3) is 0 Å². The van der Waals surface area contributed by atoms with Gasteiger partial charge in [-0.3, -0.25) is 4.98 Å². The molecule has 1 atom stereocenters. The Labute approximate surface area is 120 Å². The summed E-state index contributed by atoms with van der Waals surface area (Å²) in [5.74, 6) is 0.696. The van der Waals surface area contributed by atoms with Crippen LogP contribution in [0.3, 0.4) is 0 Å². The van der Waals surface area contributed by atoms with Gasteiger partial charge in [-0.2, -0.15) is 0 Å². The fourth-order valence-electron chi connectivity index (χ4n) is 2.97. The highest BCUT2D eigenvalue weighted by atomic mass is 35.5. The van der Waals surface area contributed by atoms with E-state index in [-0.39, 0.29) is 6.61 Å². The number of aromatic nitrogens is 1. The molecule has 0 saturated heterocycles. The highest BCUT2D eigenvalue weighted by Crippen LogP contribution is 2.28. The van der Waals surface area contributed by atoms with E-state index in [9.17, 15) is 5.11 Å². The number of nitrogens with zero attached hydrogens (tertiary/aromatic N) is 1. The summed E-state index contributed by atoms with van der Waals surface area (Å²) in [5.41, 5.74) is 1.08. The minimum Gasteiger partial charge on any atom is -0.396 e. The number of halogens is 1. The molecule has 1 aromatic rings. The van der Waals surface area contributed by atoms with Crippen molar-refractivity contribution in [2.45, 2.75) is 51.1 Å². The Morgan fingerprint density at radius 3 is 2.84 bits per heavy atom. The van der Waals surface area contributed by atoms with E-state index in [0.29, 0.717) is 17.0 Å². The van der Waals surface area contributed by atoms with Crippen LogP contribution in [0.15, 0.2) is 18.5 Å². The molecule has 0 amide bonds. The Morgan fingerprint density at radius 1 is 1.37 bits per heavy atom. The minimum absolute atomic E-state index is 0.248. The Balaban J connectivity index is 1.91. The van der Waals surface area contributed by atoms with Crippen LogP contribution < -0.4 is 5.32 Å². The monoisotopic (exact) mass is 282 g/mol. The van der Waals surface area contributed by atoms with E-state index in [2.05, 4.69) is 10.3 Å². The number of aliphatic hydroxyl groups excluding tert-OH is 1. The Hall–Kier alpha value is -0.640. The van der Waals surface area contributed by atoms with E-state index in [0.717, 1.165) is 18.5 Å². The lowest BCUT2D eigenvalue weighted by molar-refractivity contribution is 0.205. The summed E-state index contributed by atoms with van der Waals surface area (Å²) in [6.45, 7) is 1.00. The second-order valence-corrected chi connectivity index (χ2v) is 5.77. The number of aliphatic hydroxyl groups is 1. The fraction of sp³-hybridized carbons (Fsp3) is 0.667. The van der Waals surface area contributed by atoms with Gasteiger partial charge in [0.25, 0.3) is 0 Å². The topological polar surface area (TPSA) is 45.1 Å². The van der Waals surface area contributed by atoms with E-state index in [1.807, 2.05) is 6.07 Å². The largest absolute Gasteiger partial charge is 0.396 e. The van der Waals surface area contributed by atoms with Gasteiger partial charge in [-0.25, -0.2) is 0 Å². The van der Waals surface area contributed by atoms with Gasteiger partial charge >= 0.3 is 0 Å². The Bertz CT molecular complexity index is 380. The molecule has 1 aromatic heterocycles. The molecular weight excluding hydrogens is 260 g/mol. The summed E-state index contributed by atoms with van der Waals surface area (Å²) in [4.78, 5) is 4.00. The van der Waals surface area contributed by atoms with E-state index in [4.69, 9.17) is 11.6 Å². The zero-order valence-electron chi connectivity index (χ0n) is 11.3. The molecule has 1 aliphatic rings.